The molecule has 0 radical (unpaired) electrons. The van der Waals surface area contributed by atoms with Crippen molar-refractivity contribution >= 4 is 55.7 Å². The fourth-order valence-electron chi connectivity index (χ4n) is 3.81. The number of benzene rings is 1. The molecule has 3 rings (SSSR count). The maximum atomic E-state index is 13.3. The lowest BCUT2D eigenvalue weighted by atomic mass is 9.72. The minimum Gasteiger partial charge on any atom is -0.481 e. The molecular weight excluding hydrogens is 480 g/mol. The molecule has 0 saturated heterocycles. The van der Waals surface area contributed by atoms with Crippen molar-refractivity contribution in [3.63, 3.8) is 0 Å². The molecule has 0 spiro atoms. The zero-order valence-electron chi connectivity index (χ0n) is 17.9. The van der Waals surface area contributed by atoms with Gasteiger partial charge in [-0.2, -0.15) is 0 Å². The van der Waals surface area contributed by atoms with Crippen molar-refractivity contribution in [3.8, 4) is 0 Å². The van der Waals surface area contributed by atoms with Crippen LogP contribution in [0.5, 0.6) is 0 Å². The summed E-state index contributed by atoms with van der Waals surface area (Å²) in [6.07, 6.45) is 2.24. The molecule has 0 aliphatic heterocycles. The second-order valence-corrected chi connectivity index (χ2v) is 10.8. The van der Waals surface area contributed by atoms with Gasteiger partial charge in [-0.15, -0.1) is 11.3 Å². The van der Waals surface area contributed by atoms with Gasteiger partial charge in [-0.05, 0) is 64.2 Å². The summed E-state index contributed by atoms with van der Waals surface area (Å²) in [4.78, 5) is 37.5. The maximum Gasteiger partial charge on any atom is 0.303 e. The van der Waals surface area contributed by atoms with Crippen molar-refractivity contribution in [2.45, 2.75) is 52.9 Å². The lowest BCUT2D eigenvalue weighted by Gasteiger charge is -2.33. The summed E-state index contributed by atoms with van der Waals surface area (Å²) in [7, 11) is 0. The lowest BCUT2D eigenvalue weighted by molar-refractivity contribution is -0.138. The molecule has 6 nitrogen and oxygen atoms in total. The number of fused-ring (bicyclic) bond motifs is 1. The average Bonchev–Trinajstić information content (AvgIpc) is 3.04. The number of hydrogen-bond donors (Lipinski definition) is 3. The third-order valence-electron chi connectivity index (χ3n) is 5.66. The molecular formula is C23H27BrN2O4S. The van der Waals surface area contributed by atoms with Crippen molar-refractivity contribution in [1.82, 2.24) is 0 Å². The number of halogens is 1. The topological polar surface area (TPSA) is 95.5 Å². The van der Waals surface area contributed by atoms with Crippen LogP contribution in [0.1, 0.15) is 60.8 Å². The van der Waals surface area contributed by atoms with Gasteiger partial charge in [-0.3, -0.25) is 14.4 Å². The van der Waals surface area contributed by atoms with Gasteiger partial charge in [0.15, 0.2) is 0 Å². The third-order valence-corrected chi connectivity index (χ3v) is 7.52. The molecule has 1 heterocycles. The van der Waals surface area contributed by atoms with Gasteiger partial charge in [0, 0.05) is 15.8 Å². The normalized spacial score (nSPS) is 15.8. The number of carbonyl (C=O) groups is 3. The predicted molar refractivity (Wildman–Crippen MR) is 127 cm³/mol. The van der Waals surface area contributed by atoms with E-state index >= 15 is 0 Å². The highest BCUT2D eigenvalue weighted by molar-refractivity contribution is 9.10. The smallest absolute Gasteiger partial charge is 0.303 e. The summed E-state index contributed by atoms with van der Waals surface area (Å²) in [6.45, 7) is 6.68. The number of anilines is 2. The van der Waals surface area contributed by atoms with E-state index < -0.39 is 11.9 Å². The zero-order valence-corrected chi connectivity index (χ0v) is 20.3. The highest BCUT2D eigenvalue weighted by atomic mass is 79.9. The minimum absolute atomic E-state index is 0.131. The van der Waals surface area contributed by atoms with E-state index in [1.165, 1.54) is 11.3 Å². The Morgan fingerprint density at radius 1 is 1.16 bits per heavy atom. The van der Waals surface area contributed by atoms with Gasteiger partial charge in [0.05, 0.1) is 17.7 Å². The minimum atomic E-state index is -1.03. The van der Waals surface area contributed by atoms with Crippen LogP contribution in [0.25, 0.3) is 0 Å². The Morgan fingerprint density at radius 3 is 2.52 bits per heavy atom. The van der Waals surface area contributed by atoms with Crippen LogP contribution in [-0.4, -0.2) is 22.9 Å². The second kappa shape index (κ2) is 9.53. The average molecular weight is 507 g/mol. The number of carbonyl (C=O) groups excluding carboxylic acids is 2. The molecule has 1 unspecified atom stereocenters. The van der Waals surface area contributed by atoms with Gasteiger partial charge < -0.3 is 15.7 Å². The highest BCUT2D eigenvalue weighted by Gasteiger charge is 2.34. The van der Waals surface area contributed by atoms with E-state index in [-0.39, 0.29) is 24.2 Å². The Hall–Kier alpha value is -2.19. The van der Waals surface area contributed by atoms with Crippen LogP contribution in [0.3, 0.4) is 0 Å². The van der Waals surface area contributed by atoms with E-state index in [1.807, 2.05) is 24.3 Å². The SMILES string of the molecule is CC(C)(C)C1CCc2c(sc(NC(=O)CCC(=O)O)c2C(=O)Nc2ccccc2Br)C1. The number of carboxylic acids is 1. The van der Waals surface area contributed by atoms with E-state index in [0.29, 0.717) is 22.2 Å². The first-order valence-electron chi connectivity index (χ1n) is 10.3. The molecule has 1 aliphatic carbocycles. The van der Waals surface area contributed by atoms with Crippen LogP contribution in [0.4, 0.5) is 10.7 Å². The van der Waals surface area contributed by atoms with Crippen molar-refractivity contribution in [1.29, 1.82) is 0 Å². The van der Waals surface area contributed by atoms with Crippen LogP contribution in [0.15, 0.2) is 28.7 Å². The van der Waals surface area contributed by atoms with Gasteiger partial charge in [0.2, 0.25) is 5.91 Å². The fraction of sp³-hybridized carbons (Fsp3) is 0.435. The number of para-hydroxylation sites is 1. The summed E-state index contributed by atoms with van der Waals surface area (Å²) < 4.78 is 0.771. The molecule has 1 aromatic heterocycles. The molecule has 0 fully saturated rings. The molecule has 3 N–H and O–H groups in total. The molecule has 2 aromatic rings. The largest absolute Gasteiger partial charge is 0.481 e. The number of hydrogen-bond acceptors (Lipinski definition) is 4. The van der Waals surface area contributed by atoms with E-state index in [2.05, 4.69) is 47.3 Å². The number of amides is 2. The zero-order chi connectivity index (χ0) is 22.8. The summed E-state index contributed by atoms with van der Waals surface area (Å²) in [5, 5.41) is 15.1. The summed E-state index contributed by atoms with van der Waals surface area (Å²) in [6, 6.07) is 7.36. The van der Waals surface area contributed by atoms with Crippen LogP contribution in [0.2, 0.25) is 0 Å². The number of carboxylic acid groups (broad SMARTS) is 1. The Labute approximate surface area is 194 Å². The predicted octanol–water partition coefficient (Wildman–Crippen LogP) is 5.72. The highest BCUT2D eigenvalue weighted by Crippen LogP contribution is 2.44. The Kier molecular flexibility index (Phi) is 7.21. The molecule has 2 amide bonds. The molecule has 0 saturated carbocycles. The van der Waals surface area contributed by atoms with E-state index in [1.54, 1.807) is 0 Å². The third kappa shape index (κ3) is 5.74. The van der Waals surface area contributed by atoms with Crippen molar-refractivity contribution in [2.24, 2.45) is 11.3 Å². The number of rotatable bonds is 6. The van der Waals surface area contributed by atoms with Gasteiger partial charge in [-0.25, -0.2) is 0 Å². The molecule has 1 aliphatic rings. The lowest BCUT2D eigenvalue weighted by Crippen LogP contribution is -2.27. The van der Waals surface area contributed by atoms with Gasteiger partial charge >= 0.3 is 5.97 Å². The standard InChI is InChI=1S/C23H27BrN2O4S/c1-23(2,3)13-8-9-14-17(12-13)31-22(26-18(27)10-11-19(28)29)20(14)21(30)25-16-7-5-4-6-15(16)24/h4-7,13H,8-12H2,1-3H3,(H,25,30)(H,26,27)(H,28,29). The van der Waals surface area contributed by atoms with Crippen LogP contribution in [-0.2, 0) is 22.4 Å². The number of thiophene rings is 1. The van der Waals surface area contributed by atoms with Crippen molar-refractivity contribution in [2.75, 3.05) is 10.6 Å². The van der Waals surface area contributed by atoms with Crippen molar-refractivity contribution in [3.05, 3.63) is 44.7 Å². The Balaban J connectivity index is 1.92. The second-order valence-electron chi connectivity index (χ2n) is 8.89. The van der Waals surface area contributed by atoms with Gasteiger partial charge in [0.25, 0.3) is 5.91 Å². The summed E-state index contributed by atoms with van der Waals surface area (Å²) in [5.41, 5.74) is 2.29. The summed E-state index contributed by atoms with van der Waals surface area (Å²) >= 11 is 4.88. The molecule has 1 aromatic carbocycles. The number of nitrogens with one attached hydrogen (secondary N) is 2. The molecule has 8 heteroatoms. The first kappa shape index (κ1) is 23.5. The van der Waals surface area contributed by atoms with Gasteiger partial charge in [-0.1, -0.05) is 32.9 Å². The quantitative estimate of drug-likeness (QED) is 0.466. The molecule has 31 heavy (non-hydrogen) atoms. The maximum absolute atomic E-state index is 13.3. The van der Waals surface area contributed by atoms with E-state index in [4.69, 9.17) is 5.11 Å². The van der Waals surface area contributed by atoms with E-state index in [0.717, 1.165) is 34.2 Å². The van der Waals surface area contributed by atoms with Gasteiger partial charge in [0.1, 0.15) is 5.00 Å². The van der Waals surface area contributed by atoms with Crippen LogP contribution < -0.4 is 10.6 Å². The monoisotopic (exact) mass is 506 g/mol. The van der Waals surface area contributed by atoms with E-state index in [9.17, 15) is 14.4 Å². The first-order chi connectivity index (χ1) is 14.6. The summed E-state index contributed by atoms with van der Waals surface area (Å²) in [5.74, 6) is -1.20. The Bertz CT molecular complexity index is 1010. The fourth-order valence-corrected chi connectivity index (χ4v) is 5.54. The number of aliphatic carboxylic acids is 1. The first-order valence-corrected chi connectivity index (χ1v) is 11.9. The van der Waals surface area contributed by atoms with Crippen molar-refractivity contribution < 1.29 is 19.5 Å². The molecule has 166 valence electrons. The molecule has 0 bridgehead atoms. The Morgan fingerprint density at radius 2 is 1.87 bits per heavy atom. The molecule has 1 atom stereocenters. The van der Waals surface area contributed by atoms with Crippen LogP contribution >= 0.6 is 27.3 Å². The van der Waals surface area contributed by atoms with Crippen LogP contribution in [0, 0.1) is 11.3 Å².